The molecule has 0 unspecified atom stereocenters. The minimum absolute atomic E-state index is 0.226. The third-order valence-electron chi connectivity index (χ3n) is 6.48. The monoisotopic (exact) mass is 690 g/mol. The first-order valence-corrected chi connectivity index (χ1v) is 19.0. The van der Waals surface area contributed by atoms with E-state index in [9.17, 15) is 29.7 Å². The summed E-state index contributed by atoms with van der Waals surface area (Å²) in [7, 11) is 0. The molecule has 41 heavy (non-hydrogen) atoms. The Morgan fingerprint density at radius 1 is 0.366 bits per heavy atom. The molecule has 0 N–H and O–H groups in total. The average molecular weight is 690 g/mol. The average Bonchev–Trinajstić information content (AvgIpc) is 2.93. The second-order valence-corrected chi connectivity index (χ2v) is 12.3. The van der Waals surface area contributed by atoms with Crippen LogP contribution in [0.15, 0.2) is 0 Å². The van der Waals surface area contributed by atoms with Gasteiger partial charge in [0, 0.05) is 17.9 Å². The zero-order chi connectivity index (χ0) is 31.8. The van der Waals surface area contributed by atoms with Gasteiger partial charge in [0.15, 0.2) is 0 Å². The summed E-state index contributed by atoms with van der Waals surface area (Å²) >= 11 is 1.71. The molecule has 0 aliphatic rings. The summed E-state index contributed by atoms with van der Waals surface area (Å²) in [4.78, 5) is 29.8. The van der Waals surface area contributed by atoms with E-state index in [0.717, 1.165) is 57.8 Å². The van der Waals surface area contributed by atoms with Crippen LogP contribution in [-0.2, 0) is 14.4 Å². The third-order valence-corrected chi connectivity index (χ3v) is 7.49. The van der Waals surface area contributed by atoms with Crippen LogP contribution in [0.25, 0.3) is 0 Å². The van der Waals surface area contributed by atoms with E-state index in [1.54, 1.807) is 22.5 Å². The Kier molecular flexibility index (Phi) is 53.1. The van der Waals surface area contributed by atoms with Crippen LogP contribution in [0.4, 0.5) is 0 Å². The van der Waals surface area contributed by atoms with Crippen molar-refractivity contribution in [3.8, 4) is 0 Å². The predicted molar refractivity (Wildman–Crippen MR) is 168 cm³/mol. The van der Waals surface area contributed by atoms with Crippen LogP contribution in [0.3, 0.4) is 0 Å². The van der Waals surface area contributed by atoms with Crippen LogP contribution in [0.2, 0.25) is 4.44 Å². The number of aliphatic carboxylic acids is 3. The van der Waals surface area contributed by atoms with Gasteiger partial charge in [0.25, 0.3) is 0 Å². The molecule has 0 aliphatic heterocycles. The molecule has 0 amide bonds. The number of hydrogen-bond acceptors (Lipinski definition) is 6. The first-order valence-electron chi connectivity index (χ1n) is 17.0. The summed E-state index contributed by atoms with van der Waals surface area (Å²) in [5, 5.41) is 29.8. The fourth-order valence-corrected chi connectivity index (χ4v) is 4.59. The van der Waals surface area contributed by atoms with Crippen molar-refractivity contribution in [3.63, 3.8) is 0 Å². The molecule has 0 heterocycles. The van der Waals surface area contributed by atoms with Gasteiger partial charge in [0.2, 0.25) is 0 Å². The Morgan fingerprint density at radius 2 is 0.561 bits per heavy atom. The van der Waals surface area contributed by atoms with Crippen LogP contribution >= 0.6 is 0 Å². The van der Waals surface area contributed by atoms with Crippen molar-refractivity contribution in [2.24, 2.45) is 0 Å². The third kappa shape index (κ3) is 68.2. The summed E-state index contributed by atoms with van der Waals surface area (Å²) < 4.78 is 1.46. The molecular formula is C34H66O6Sn. The fraction of sp³-hybridized carbons (Fsp3) is 0.912. The predicted octanol–water partition coefficient (Wildman–Crippen LogP) is 7.00. The first kappa shape index (κ1) is 47.1. The van der Waals surface area contributed by atoms with E-state index in [1.165, 1.54) is 94.3 Å². The zero-order valence-corrected chi connectivity index (χ0v) is 30.4. The molecule has 0 rings (SSSR count). The number of carboxylic acid groups (broad SMARTS) is 3. The van der Waals surface area contributed by atoms with Gasteiger partial charge in [0.1, 0.15) is 0 Å². The van der Waals surface area contributed by atoms with Crippen molar-refractivity contribution in [1.29, 1.82) is 0 Å². The summed E-state index contributed by atoms with van der Waals surface area (Å²) in [6.45, 7) is 8.69. The Hall–Kier alpha value is -0.791. The second-order valence-electron chi connectivity index (χ2n) is 10.8. The standard InChI is InChI=1S/C10H21.3C8H16O2.Sn/c1-3-5-7-9-10-8-6-4-2;3*1-2-3-4-5-6-7-8(9)10;/h1,3-10H2,2H3;3*2-7H2,1H3,(H,9,10);/q;;;;+3/p-3. The summed E-state index contributed by atoms with van der Waals surface area (Å²) in [5.74, 6) is -2.76. The van der Waals surface area contributed by atoms with Crippen LogP contribution in [0.5, 0.6) is 0 Å². The van der Waals surface area contributed by atoms with Crippen molar-refractivity contribution in [2.45, 2.75) is 199 Å². The van der Waals surface area contributed by atoms with Gasteiger partial charge in [0.05, 0.1) is 0 Å². The molecule has 0 aromatic heterocycles. The number of unbranched alkanes of at least 4 members (excludes halogenated alkanes) is 19. The number of carbonyl (C=O) groups is 3. The molecule has 0 saturated carbocycles. The fourth-order valence-electron chi connectivity index (χ4n) is 3.88. The SMILES string of the molecule is CCCCCCCC(=O)[O-].CCCCCCCC(=O)[O-].CCCCCCCC(=O)[O-].CCCCCCCCC[CH2][Sn+3]. The Balaban J connectivity index is -0.000000223. The van der Waals surface area contributed by atoms with Gasteiger partial charge in [-0.1, -0.05) is 97.8 Å². The minimum atomic E-state index is -0.920. The van der Waals surface area contributed by atoms with Gasteiger partial charge in [-0.25, -0.2) is 0 Å². The molecule has 7 heteroatoms. The molecular weight excluding hydrogens is 623 g/mol. The van der Waals surface area contributed by atoms with Crippen LogP contribution in [0, 0.1) is 0 Å². The molecule has 0 aliphatic carbocycles. The van der Waals surface area contributed by atoms with Crippen molar-refractivity contribution in [2.75, 3.05) is 0 Å². The molecule has 0 aromatic rings. The number of hydrogen-bond donors (Lipinski definition) is 0. The van der Waals surface area contributed by atoms with Crippen molar-refractivity contribution in [1.82, 2.24) is 0 Å². The van der Waals surface area contributed by atoms with Gasteiger partial charge in [-0.2, -0.15) is 0 Å². The van der Waals surface area contributed by atoms with Gasteiger partial charge >= 0.3 is 85.3 Å². The van der Waals surface area contributed by atoms with E-state index in [1.807, 2.05) is 0 Å². The van der Waals surface area contributed by atoms with E-state index in [4.69, 9.17) is 0 Å². The van der Waals surface area contributed by atoms with Crippen molar-refractivity contribution in [3.05, 3.63) is 0 Å². The molecule has 0 radical (unpaired) electrons. The summed E-state index contributed by atoms with van der Waals surface area (Å²) in [6, 6.07) is 0. The number of carboxylic acids is 3. The topological polar surface area (TPSA) is 120 Å². The molecule has 0 atom stereocenters. The quantitative estimate of drug-likeness (QED) is 0.0713. The molecule has 0 aromatic carbocycles. The zero-order valence-electron chi connectivity index (χ0n) is 27.5. The number of carbonyl (C=O) groups excluding carboxylic acids is 3. The molecule has 6 nitrogen and oxygen atoms in total. The van der Waals surface area contributed by atoms with Gasteiger partial charge in [-0.05, 0) is 38.5 Å². The summed E-state index contributed by atoms with van der Waals surface area (Å²) in [5.41, 5.74) is 0. The maximum atomic E-state index is 9.92. The normalized spacial score (nSPS) is 9.90. The Morgan fingerprint density at radius 3 is 0.756 bits per heavy atom. The van der Waals surface area contributed by atoms with Crippen LogP contribution in [-0.4, -0.2) is 40.4 Å². The van der Waals surface area contributed by atoms with E-state index in [2.05, 4.69) is 27.7 Å². The molecule has 242 valence electrons. The summed E-state index contributed by atoms with van der Waals surface area (Å²) in [6.07, 6.45) is 28.5. The van der Waals surface area contributed by atoms with Gasteiger partial charge in [-0.15, -0.1) is 0 Å². The molecule has 0 bridgehead atoms. The Bertz CT molecular complexity index is 448. The Labute approximate surface area is 268 Å². The molecule has 0 spiro atoms. The van der Waals surface area contributed by atoms with E-state index in [0.29, 0.717) is 0 Å². The van der Waals surface area contributed by atoms with Gasteiger partial charge < -0.3 is 29.7 Å². The number of rotatable bonds is 26. The van der Waals surface area contributed by atoms with E-state index < -0.39 is 17.9 Å². The van der Waals surface area contributed by atoms with Gasteiger partial charge in [-0.3, -0.25) is 0 Å². The van der Waals surface area contributed by atoms with Crippen LogP contribution in [0.1, 0.15) is 195 Å². The second kappa shape index (κ2) is 46.2. The first-order chi connectivity index (χ1) is 19.7. The van der Waals surface area contributed by atoms with Crippen molar-refractivity contribution < 1.29 is 29.7 Å². The molecule has 0 saturated heterocycles. The van der Waals surface area contributed by atoms with Crippen molar-refractivity contribution >= 4 is 40.4 Å². The van der Waals surface area contributed by atoms with E-state index >= 15 is 0 Å². The van der Waals surface area contributed by atoms with Crippen LogP contribution < -0.4 is 15.3 Å². The molecule has 0 fully saturated rings. The maximum absolute atomic E-state index is 9.92. The van der Waals surface area contributed by atoms with E-state index in [-0.39, 0.29) is 19.3 Å².